The Labute approximate surface area is 90.1 Å². The number of hydrogen-bond acceptors (Lipinski definition) is 3. The number of halogens is 1. The van der Waals surface area contributed by atoms with Gasteiger partial charge in [0.15, 0.2) is 0 Å². The van der Waals surface area contributed by atoms with Crippen LogP contribution in [0.1, 0.15) is 10.4 Å². The summed E-state index contributed by atoms with van der Waals surface area (Å²) in [4.78, 5) is 26.5. The van der Waals surface area contributed by atoms with Gasteiger partial charge in [0, 0.05) is 12.6 Å². The van der Waals surface area contributed by atoms with Crippen LogP contribution in [-0.2, 0) is 7.05 Å². The number of nitrogens with zero attached hydrogens (tertiary/aromatic N) is 2. The van der Waals surface area contributed by atoms with Gasteiger partial charge in [0.1, 0.15) is 0 Å². The van der Waals surface area contributed by atoms with Crippen molar-refractivity contribution in [3.63, 3.8) is 0 Å². The van der Waals surface area contributed by atoms with E-state index in [9.17, 15) is 9.59 Å². The minimum absolute atomic E-state index is 0.145. The van der Waals surface area contributed by atoms with E-state index in [0.29, 0.717) is 16.5 Å². The normalized spacial score (nSPS) is 10.5. The lowest BCUT2D eigenvalue weighted by Crippen LogP contribution is -2.16. The number of aryl methyl sites for hydroxylation is 1. The molecular formula is C10H7ClN2O2. The molecule has 1 aromatic carbocycles. The van der Waals surface area contributed by atoms with E-state index in [-0.39, 0.29) is 5.56 Å². The van der Waals surface area contributed by atoms with E-state index >= 15 is 0 Å². The highest BCUT2D eigenvalue weighted by atomic mass is 35.5. The molecule has 0 bridgehead atoms. The van der Waals surface area contributed by atoms with Crippen LogP contribution in [0.2, 0.25) is 0 Å². The third-order valence-corrected chi connectivity index (χ3v) is 2.36. The summed E-state index contributed by atoms with van der Waals surface area (Å²) in [5.74, 6) is 0. The first-order valence-corrected chi connectivity index (χ1v) is 4.62. The van der Waals surface area contributed by atoms with Gasteiger partial charge in [0.05, 0.1) is 17.2 Å². The smallest absolute Gasteiger partial charge is 0.260 e. The van der Waals surface area contributed by atoms with Crippen molar-refractivity contribution in [1.82, 2.24) is 9.55 Å². The van der Waals surface area contributed by atoms with E-state index in [1.807, 2.05) is 0 Å². The zero-order valence-corrected chi connectivity index (χ0v) is 8.65. The lowest BCUT2D eigenvalue weighted by Gasteiger charge is -2.00. The summed E-state index contributed by atoms with van der Waals surface area (Å²) >= 11 is 5.32. The molecule has 4 nitrogen and oxygen atoms in total. The molecule has 1 heterocycles. The van der Waals surface area contributed by atoms with Gasteiger partial charge in [0.25, 0.3) is 10.8 Å². The first kappa shape index (κ1) is 9.86. The third-order valence-electron chi connectivity index (χ3n) is 2.15. The van der Waals surface area contributed by atoms with Gasteiger partial charge in [0.2, 0.25) is 0 Å². The number of rotatable bonds is 1. The minimum Gasteiger partial charge on any atom is -0.302 e. The fourth-order valence-corrected chi connectivity index (χ4v) is 1.45. The highest BCUT2D eigenvalue weighted by Crippen LogP contribution is 2.11. The van der Waals surface area contributed by atoms with Crippen LogP contribution in [0.25, 0.3) is 10.9 Å². The van der Waals surface area contributed by atoms with Crippen LogP contribution in [0, 0.1) is 0 Å². The van der Waals surface area contributed by atoms with Crippen LogP contribution >= 0.6 is 11.6 Å². The second kappa shape index (κ2) is 3.47. The largest absolute Gasteiger partial charge is 0.302 e. The van der Waals surface area contributed by atoms with Crippen molar-refractivity contribution < 1.29 is 4.79 Å². The average Bonchev–Trinajstić information content (AvgIpc) is 2.23. The number of aromatic nitrogens is 2. The fourth-order valence-electron chi connectivity index (χ4n) is 1.33. The number of carbonyl (C=O) groups is 1. The Morgan fingerprint density at radius 3 is 2.87 bits per heavy atom. The van der Waals surface area contributed by atoms with Gasteiger partial charge >= 0.3 is 0 Å². The molecule has 0 spiro atoms. The Morgan fingerprint density at radius 2 is 2.20 bits per heavy atom. The second-order valence-corrected chi connectivity index (χ2v) is 3.51. The van der Waals surface area contributed by atoms with E-state index in [1.54, 1.807) is 13.1 Å². The van der Waals surface area contributed by atoms with E-state index in [1.165, 1.54) is 23.0 Å². The molecule has 0 amide bonds. The van der Waals surface area contributed by atoms with Gasteiger partial charge in [-0.25, -0.2) is 4.98 Å². The van der Waals surface area contributed by atoms with Crippen molar-refractivity contribution in [2.45, 2.75) is 0 Å². The van der Waals surface area contributed by atoms with E-state index in [4.69, 9.17) is 11.6 Å². The Bertz CT molecular complexity index is 604. The van der Waals surface area contributed by atoms with Gasteiger partial charge in [-0.2, -0.15) is 0 Å². The molecule has 0 atom stereocenters. The van der Waals surface area contributed by atoms with Crippen LogP contribution < -0.4 is 5.56 Å². The fraction of sp³-hybridized carbons (Fsp3) is 0.100. The monoisotopic (exact) mass is 222 g/mol. The maximum atomic E-state index is 11.6. The molecule has 0 saturated carbocycles. The summed E-state index contributed by atoms with van der Waals surface area (Å²) in [5.41, 5.74) is 0.670. The lowest BCUT2D eigenvalue weighted by molar-refractivity contribution is 0.108. The Morgan fingerprint density at radius 1 is 1.47 bits per heavy atom. The number of fused-ring (bicyclic) bond motifs is 1. The van der Waals surface area contributed by atoms with Crippen LogP contribution in [0.4, 0.5) is 0 Å². The quantitative estimate of drug-likeness (QED) is 0.684. The maximum absolute atomic E-state index is 11.6. The molecule has 2 rings (SSSR count). The van der Waals surface area contributed by atoms with E-state index < -0.39 is 5.24 Å². The molecular weight excluding hydrogens is 216 g/mol. The van der Waals surface area contributed by atoms with Crippen LogP contribution in [0.5, 0.6) is 0 Å². The summed E-state index contributed by atoms with van der Waals surface area (Å²) < 4.78 is 1.38. The predicted octanol–water partition coefficient (Wildman–Crippen LogP) is 1.31. The number of hydrogen-bond donors (Lipinski definition) is 0. The summed E-state index contributed by atoms with van der Waals surface area (Å²) in [6, 6.07) is 4.58. The van der Waals surface area contributed by atoms with E-state index in [0.717, 1.165) is 0 Å². The SMILES string of the molecule is Cn1cnc2cc(C(=O)Cl)ccc2c1=O. The van der Waals surface area contributed by atoms with Crippen molar-refractivity contribution in [3.8, 4) is 0 Å². The standard InChI is InChI=1S/C10H7ClN2O2/c1-13-5-12-8-4-6(9(11)14)2-3-7(8)10(13)15/h2-5H,1H3. The first-order chi connectivity index (χ1) is 7.09. The highest BCUT2D eigenvalue weighted by molar-refractivity contribution is 6.67. The van der Waals surface area contributed by atoms with Gasteiger partial charge in [-0.3, -0.25) is 9.59 Å². The van der Waals surface area contributed by atoms with Crippen molar-refractivity contribution in [2.24, 2.45) is 7.05 Å². The topological polar surface area (TPSA) is 52.0 Å². The van der Waals surface area contributed by atoms with Crippen LogP contribution in [0.15, 0.2) is 29.3 Å². The lowest BCUT2D eigenvalue weighted by atomic mass is 10.2. The van der Waals surface area contributed by atoms with Gasteiger partial charge in [-0.05, 0) is 29.8 Å². The summed E-state index contributed by atoms with van der Waals surface area (Å²) in [6.07, 6.45) is 1.41. The highest BCUT2D eigenvalue weighted by Gasteiger charge is 2.06. The molecule has 1 aromatic heterocycles. The van der Waals surface area contributed by atoms with E-state index in [2.05, 4.69) is 4.98 Å². The Kier molecular flexibility index (Phi) is 2.28. The summed E-state index contributed by atoms with van der Waals surface area (Å²) in [5, 5.41) is -0.0824. The van der Waals surface area contributed by atoms with Crippen LogP contribution in [-0.4, -0.2) is 14.8 Å². The molecule has 76 valence electrons. The van der Waals surface area contributed by atoms with Crippen molar-refractivity contribution in [2.75, 3.05) is 0 Å². The van der Waals surface area contributed by atoms with Crippen molar-refractivity contribution in [1.29, 1.82) is 0 Å². The second-order valence-electron chi connectivity index (χ2n) is 3.17. The summed E-state index contributed by atoms with van der Waals surface area (Å²) in [7, 11) is 1.62. The third kappa shape index (κ3) is 1.64. The van der Waals surface area contributed by atoms with Gasteiger partial charge in [-0.15, -0.1) is 0 Å². The molecule has 0 N–H and O–H groups in total. The molecule has 0 fully saturated rings. The average molecular weight is 223 g/mol. The van der Waals surface area contributed by atoms with Crippen molar-refractivity contribution >= 4 is 27.7 Å². The molecule has 0 aliphatic carbocycles. The van der Waals surface area contributed by atoms with Crippen LogP contribution in [0.3, 0.4) is 0 Å². The first-order valence-electron chi connectivity index (χ1n) is 4.25. The van der Waals surface area contributed by atoms with Gasteiger partial charge in [-0.1, -0.05) is 0 Å². The molecule has 0 unspecified atom stereocenters. The van der Waals surface area contributed by atoms with Crippen molar-refractivity contribution in [3.05, 3.63) is 40.4 Å². The van der Waals surface area contributed by atoms with Gasteiger partial charge < -0.3 is 4.57 Å². The molecule has 2 aromatic rings. The zero-order valence-electron chi connectivity index (χ0n) is 7.90. The Balaban J connectivity index is 2.81. The summed E-state index contributed by atoms with van der Waals surface area (Å²) in [6.45, 7) is 0. The maximum Gasteiger partial charge on any atom is 0.260 e. The Hall–Kier alpha value is -1.68. The number of benzene rings is 1. The molecule has 0 aliphatic rings. The molecule has 0 saturated heterocycles. The zero-order chi connectivity index (χ0) is 11.0. The predicted molar refractivity (Wildman–Crippen MR) is 57.2 cm³/mol. The molecule has 15 heavy (non-hydrogen) atoms. The minimum atomic E-state index is -0.556. The molecule has 0 radical (unpaired) electrons. The molecule has 5 heteroatoms. The number of carbonyl (C=O) groups excluding carboxylic acids is 1. The molecule has 0 aliphatic heterocycles.